The van der Waals surface area contributed by atoms with Gasteiger partial charge in [-0.15, -0.1) is 6.42 Å². The summed E-state index contributed by atoms with van der Waals surface area (Å²) in [5, 5.41) is 3.09. The van der Waals surface area contributed by atoms with Crippen LogP contribution in [0.1, 0.15) is 20.3 Å². The highest BCUT2D eigenvalue weighted by atomic mass is 16.5. The summed E-state index contributed by atoms with van der Waals surface area (Å²) in [6.07, 6.45) is 6.41. The van der Waals surface area contributed by atoms with Crippen molar-refractivity contribution in [3.63, 3.8) is 0 Å². The molecule has 0 saturated heterocycles. The Morgan fingerprint density at radius 2 is 2.27 bits per heavy atom. The third-order valence-corrected chi connectivity index (χ3v) is 1.18. The van der Waals surface area contributed by atoms with Crippen molar-refractivity contribution in [1.82, 2.24) is 5.32 Å². The van der Waals surface area contributed by atoms with E-state index in [1.54, 1.807) is 0 Å². The molecule has 0 saturated carbocycles. The minimum absolute atomic E-state index is 0.336. The molecule has 0 radical (unpaired) electrons. The Morgan fingerprint density at radius 1 is 1.55 bits per heavy atom. The van der Waals surface area contributed by atoms with Gasteiger partial charge in [-0.25, -0.2) is 0 Å². The molecule has 0 aliphatic carbocycles. The van der Waals surface area contributed by atoms with Gasteiger partial charge in [0.05, 0.1) is 12.6 Å². The summed E-state index contributed by atoms with van der Waals surface area (Å²) >= 11 is 0. The molecule has 0 rings (SSSR count). The van der Waals surface area contributed by atoms with Gasteiger partial charge in [-0.3, -0.25) is 0 Å². The van der Waals surface area contributed by atoms with Crippen molar-refractivity contribution in [2.24, 2.45) is 0 Å². The van der Waals surface area contributed by atoms with Gasteiger partial charge >= 0.3 is 0 Å². The van der Waals surface area contributed by atoms with Gasteiger partial charge in [-0.2, -0.15) is 0 Å². The molecule has 0 aromatic heterocycles. The van der Waals surface area contributed by atoms with Crippen LogP contribution in [0.5, 0.6) is 0 Å². The summed E-state index contributed by atoms with van der Waals surface area (Å²) in [7, 11) is 0. The molecular formula is C9H17NO. The van der Waals surface area contributed by atoms with Gasteiger partial charge in [0.15, 0.2) is 0 Å². The van der Waals surface area contributed by atoms with Crippen LogP contribution in [0.3, 0.4) is 0 Å². The smallest absolute Gasteiger partial charge is 0.0573 e. The first-order valence-electron chi connectivity index (χ1n) is 4.03. The summed E-state index contributed by atoms with van der Waals surface area (Å²) in [4.78, 5) is 0. The predicted octanol–water partition coefficient (Wildman–Crippen LogP) is 1.02. The van der Waals surface area contributed by atoms with Crippen molar-refractivity contribution >= 4 is 0 Å². The summed E-state index contributed by atoms with van der Waals surface area (Å²) < 4.78 is 5.33. The molecule has 0 unspecified atom stereocenters. The average Bonchev–Trinajstić information content (AvgIpc) is 1.96. The number of hydrogen-bond donors (Lipinski definition) is 1. The monoisotopic (exact) mass is 155 g/mol. The van der Waals surface area contributed by atoms with Crippen LogP contribution in [-0.4, -0.2) is 25.8 Å². The van der Waals surface area contributed by atoms with E-state index in [1.807, 2.05) is 13.8 Å². The van der Waals surface area contributed by atoms with E-state index in [4.69, 9.17) is 11.2 Å². The SMILES string of the molecule is C#CCNCCCOC(C)C. The Balaban J connectivity index is 2.86. The van der Waals surface area contributed by atoms with E-state index < -0.39 is 0 Å². The molecule has 64 valence electrons. The lowest BCUT2D eigenvalue weighted by Crippen LogP contribution is -2.17. The first kappa shape index (κ1) is 10.5. The highest BCUT2D eigenvalue weighted by Gasteiger charge is 1.91. The van der Waals surface area contributed by atoms with E-state index in [-0.39, 0.29) is 0 Å². The van der Waals surface area contributed by atoms with E-state index in [0.717, 1.165) is 19.6 Å². The third kappa shape index (κ3) is 9.48. The Kier molecular flexibility index (Phi) is 7.23. The molecule has 0 atom stereocenters. The molecule has 1 N–H and O–H groups in total. The van der Waals surface area contributed by atoms with Gasteiger partial charge in [-0.05, 0) is 26.8 Å². The van der Waals surface area contributed by atoms with Crippen LogP contribution in [0.15, 0.2) is 0 Å². The van der Waals surface area contributed by atoms with E-state index in [9.17, 15) is 0 Å². The average molecular weight is 155 g/mol. The fourth-order valence-electron chi connectivity index (χ4n) is 0.677. The summed E-state index contributed by atoms with van der Waals surface area (Å²) in [6, 6.07) is 0. The normalized spacial score (nSPS) is 10.0. The molecule has 0 aromatic carbocycles. The topological polar surface area (TPSA) is 21.3 Å². The lowest BCUT2D eigenvalue weighted by Gasteiger charge is -2.06. The molecule has 0 aliphatic rings. The second-order valence-electron chi connectivity index (χ2n) is 2.65. The highest BCUT2D eigenvalue weighted by molar-refractivity contribution is 4.86. The molecular weight excluding hydrogens is 138 g/mol. The molecule has 2 heteroatoms. The second kappa shape index (κ2) is 7.59. The first-order valence-corrected chi connectivity index (χ1v) is 4.03. The molecule has 0 aromatic rings. The number of hydrogen-bond acceptors (Lipinski definition) is 2. The minimum Gasteiger partial charge on any atom is -0.379 e. The summed E-state index contributed by atoms with van der Waals surface area (Å²) in [5.74, 6) is 2.52. The fraction of sp³-hybridized carbons (Fsp3) is 0.778. The quantitative estimate of drug-likeness (QED) is 0.457. The Hall–Kier alpha value is -0.520. The largest absolute Gasteiger partial charge is 0.379 e. The fourth-order valence-corrected chi connectivity index (χ4v) is 0.677. The van der Waals surface area contributed by atoms with E-state index in [1.165, 1.54) is 0 Å². The zero-order valence-corrected chi connectivity index (χ0v) is 7.39. The second-order valence-corrected chi connectivity index (χ2v) is 2.65. The standard InChI is InChI=1S/C9H17NO/c1-4-6-10-7-5-8-11-9(2)3/h1,9-10H,5-8H2,2-3H3. The van der Waals surface area contributed by atoms with Crippen LogP contribution in [0, 0.1) is 12.3 Å². The number of ether oxygens (including phenoxy) is 1. The van der Waals surface area contributed by atoms with Crippen molar-refractivity contribution in [2.75, 3.05) is 19.7 Å². The van der Waals surface area contributed by atoms with Gasteiger partial charge in [-0.1, -0.05) is 5.92 Å². The van der Waals surface area contributed by atoms with Crippen LogP contribution in [0.25, 0.3) is 0 Å². The summed E-state index contributed by atoms with van der Waals surface area (Å²) in [6.45, 7) is 6.48. The number of terminal acetylenes is 1. The molecule has 0 aliphatic heterocycles. The number of nitrogens with one attached hydrogen (secondary N) is 1. The number of rotatable bonds is 6. The third-order valence-electron chi connectivity index (χ3n) is 1.18. The Bertz CT molecular complexity index is 115. The van der Waals surface area contributed by atoms with Crippen molar-refractivity contribution in [2.45, 2.75) is 26.4 Å². The Morgan fingerprint density at radius 3 is 2.82 bits per heavy atom. The molecule has 0 heterocycles. The molecule has 2 nitrogen and oxygen atoms in total. The lowest BCUT2D eigenvalue weighted by molar-refractivity contribution is 0.0772. The molecule has 0 bridgehead atoms. The maximum atomic E-state index is 5.33. The molecule has 0 spiro atoms. The first-order chi connectivity index (χ1) is 5.27. The van der Waals surface area contributed by atoms with Crippen LogP contribution in [-0.2, 0) is 4.74 Å². The van der Waals surface area contributed by atoms with Gasteiger partial charge < -0.3 is 10.1 Å². The van der Waals surface area contributed by atoms with Crippen molar-refractivity contribution < 1.29 is 4.74 Å². The van der Waals surface area contributed by atoms with E-state index >= 15 is 0 Å². The van der Waals surface area contributed by atoms with Gasteiger partial charge in [0.1, 0.15) is 0 Å². The minimum atomic E-state index is 0.336. The van der Waals surface area contributed by atoms with E-state index in [2.05, 4.69) is 11.2 Å². The van der Waals surface area contributed by atoms with Crippen LogP contribution < -0.4 is 5.32 Å². The van der Waals surface area contributed by atoms with Crippen molar-refractivity contribution in [3.05, 3.63) is 0 Å². The van der Waals surface area contributed by atoms with Crippen molar-refractivity contribution in [1.29, 1.82) is 0 Å². The zero-order chi connectivity index (χ0) is 8.53. The Labute approximate surface area is 69.3 Å². The molecule has 11 heavy (non-hydrogen) atoms. The lowest BCUT2D eigenvalue weighted by atomic mass is 10.4. The zero-order valence-electron chi connectivity index (χ0n) is 7.39. The van der Waals surface area contributed by atoms with Crippen LogP contribution >= 0.6 is 0 Å². The molecule has 0 amide bonds. The van der Waals surface area contributed by atoms with Gasteiger partial charge in [0.25, 0.3) is 0 Å². The maximum Gasteiger partial charge on any atom is 0.0573 e. The predicted molar refractivity (Wildman–Crippen MR) is 47.4 cm³/mol. The summed E-state index contributed by atoms with van der Waals surface area (Å²) in [5.41, 5.74) is 0. The van der Waals surface area contributed by atoms with Crippen LogP contribution in [0.2, 0.25) is 0 Å². The molecule has 0 fully saturated rings. The van der Waals surface area contributed by atoms with Gasteiger partial charge in [0.2, 0.25) is 0 Å². The maximum absolute atomic E-state index is 5.33. The van der Waals surface area contributed by atoms with Gasteiger partial charge in [0, 0.05) is 6.61 Å². The highest BCUT2D eigenvalue weighted by Crippen LogP contribution is 1.88. The van der Waals surface area contributed by atoms with E-state index in [0.29, 0.717) is 12.6 Å². The van der Waals surface area contributed by atoms with Crippen LogP contribution in [0.4, 0.5) is 0 Å². The van der Waals surface area contributed by atoms with Crippen molar-refractivity contribution in [3.8, 4) is 12.3 Å².